The molecule has 9 heteroatoms. The van der Waals surface area contributed by atoms with Crippen LogP contribution in [0.15, 0.2) is 71.0 Å². The van der Waals surface area contributed by atoms with E-state index in [-0.39, 0.29) is 23.9 Å². The zero-order valence-electron chi connectivity index (χ0n) is 15.5. The number of aliphatic imine (C=N–C) groups is 1. The summed E-state index contributed by atoms with van der Waals surface area (Å²) < 4.78 is 9.08. The van der Waals surface area contributed by atoms with E-state index in [4.69, 9.17) is 4.74 Å². The van der Waals surface area contributed by atoms with Gasteiger partial charge in [-0.3, -0.25) is 14.2 Å². The van der Waals surface area contributed by atoms with E-state index in [9.17, 15) is 9.59 Å². The number of hydrogen-bond donors (Lipinski definition) is 1. The average Bonchev–Trinajstić information content (AvgIpc) is 3.37. The number of aryl methyl sites for hydroxylation is 1. The minimum Gasteiger partial charge on any atom is -0.494 e. The molecule has 1 atom stereocenters. The molecule has 4 rings (SSSR count). The van der Waals surface area contributed by atoms with Gasteiger partial charge in [-0.05, 0) is 36.8 Å². The van der Waals surface area contributed by atoms with Crippen LogP contribution in [0.2, 0.25) is 0 Å². The Morgan fingerprint density at radius 3 is 2.76 bits per heavy atom. The number of halogens is 1. The molecule has 3 heterocycles. The molecule has 1 unspecified atom stereocenters. The number of anilines is 1. The first-order valence-corrected chi connectivity index (χ1v) is 8.96. The predicted molar refractivity (Wildman–Crippen MR) is 113 cm³/mol. The molecule has 1 N–H and O–H groups in total. The molecular weight excluding hydrogens is 394 g/mol. The van der Waals surface area contributed by atoms with Gasteiger partial charge in [0.05, 0.1) is 12.9 Å². The third-order valence-corrected chi connectivity index (χ3v) is 4.37. The van der Waals surface area contributed by atoms with E-state index < -0.39 is 6.04 Å². The molecular formula is C20H20ClN5O3. The lowest BCUT2D eigenvalue weighted by atomic mass is 10.2. The van der Waals surface area contributed by atoms with Gasteiger partial charge in [-0.25, -0.2) is 9.98 Å². The number of pyridine rings is 1. The SMILES string of the molecule is Cl.O=C(Nc1ccc(OCCCn2ccnc2)cc1)C1C=Nc2cccc(=O)n21. The molecule has 0 fully saturated rings. The number of carbonyl (C=O) groups is 1. The van der Waals surface area contributed by atoms with Crippen LogP contribution < -0.4 is 15.6 Å². The number of fused-ring (bicyclic) bond motifs is 1. The van der Waals surface area contributed by atoms with Crippen LogP contribution in [0.5, 0.6) is 5.75 Å². The smallest absolute Gasteiger partial charge is 0.253 e. The number of ether oxygens (including phenoxy) is 1. The lowest BCUT2D eigenvalue weighted by molar-refractivity contribution is -0.117. The average molecular weight is 414 g/mol. The molecule has 0 saturated heterocycles. The summed E-state index contributed by atoms with van der Waals surface area (Å²) in [5, 5.41) is 2.81. The molecule has 1 amide bonds. The Labute approximate surface area is 173 Å². The fraction of sp³-hybridized carbons (Fsp3) is 0.200. The normalized spacial score (nSPS) is 14.1. The zero-order chi connectivity index (χ0) is 19.3. The van der Waals surface area contributed by atoms with Gasteiger partial charge in [0.15, 0.2) is 6.04 Å². The Bertz CT molecular complexity index is 1040. The van der Waals surface area contributed by atoms with Crippen molar-refractivity contribution in [2.24, 2.45) is 4.99 Å². The number of hydrogen-bond acceptors (Lipinski definition) is 5. The molecule has 0 saturated carbocycles. The highest BCUT2D eigenvalue weighted by molar-refractivity contribution is 6.05. The lowest BCUT2D eigenvalue weighted by Crippen LogP contribution is -2.31. The standard InChI is InChI=1S/C20H19N5O3.ClH/c26-19-4-1-3-18-22-13-17(25(18)19)20(27)23-15-5-7-16(8-6-15)28-12-2-10-24-11-9-21-14-24;/h1,3-9,11,13-14,17H,2,10,12H2,(H,23,27);1H. The highest BCUT2D eigenvalue weighted by Crippen LogP contribution is 2.23. The third-order valence-electron chi connectivity index (χ3n) is 4.37. The van der Waals surface area contributed by atoms with Crippen LogP contribution in [0.4, 0.5) is 11.5 Å². The van der Waals surface area contributed by atoms with Crippen LogP contribution in [-0.2, 0) is 11.3 Å². The van der Waals surface area contributed by atoms with Crippen molar-refractivity contribution in [2.75, 3.05) is 11.9 Å². The minimum absolute atomic E-state index is 0. The first-order valence-electron chi connectivity index (χ1n) is 8.96. The van der Waals surface area contributed by atoms with Crippen LogP contribution in [-0.4, -0.2) is 32.8 Å². The fourth-order valence-corrected chi connectivity index (χ4v) is 2.98. The second-order valence-corrected chi connectivity index (χ2v) is 6.33. The Balaban J connectivity index is 0.00000240. The van der Waals surface area contributed by atoms with Gasteiger partial charge >= 0.3 is 0 Å². The Kier molecular flexibility index (Phi) is 6.46. The van der Waals surface area contributed by atoms with E-state index in [0.29, 0.717) is 18.1 Å². The van der Waals surface area contributed by atoms with Gasteiger partial charge in [0.25, 0.3) is 11.5 Å². The second kappa shape index (κ2) is 9.20. The second-order valence-electron chi connectivity index (χ2n) is 6.33. The Hall–Kier alpha value is -3.39. The maximum Gasteiger partial charge on any atom is 0.253 e. The maximum absolute atomic E-state index is 12.5. The van der Waals surface area contributed by atoms with Crippen molar-refractivity contribution < 1.29 is 9.53 Å². The number of nitrogens with one attached hydrogen (secondary N) is 1. The summed E-state index contributed by atoms with van der Waals surface area (Å²) in [5.74, 6) is 0.893. The molecule has 29 heavy (non-hydrogen) atoms. The van der Waals surface area contributed by atoms with Crippen molar-refractivity contribution in [3.63, 3.8) is 0 Å². The summed E-state index contributed by atoms with van der Waals surface area (Å²) in [6.45, 7) is 1.43. The third kappa shape index (κ3) is 4.72. The number of nitrogens with zero attached hydrogens (tertiary/aromatic N) is 4. The van der Waals surface area contributed by atoms with Gasteiger partial charge in [-0.2, -0.15) is 0 Å². The van der Waals surface area contributed by atoms with Gasteiger partial charge in [-0.15, -0.1) is 12.4 Å². The molecule has 0 spiro atoms. The molecule has 3 aromatic rings. The van der Waals surface area contributed by atoms with E-state index in [0.717, 1.165) is 18.7 Å². The molecule has 8 nitrogen and oxygen atoms in total. The monoisotopic (exact) mass is 413 g/mol. The Morgan fingerprint density at radius 2 is 2.00 bits per heavy atom. The van der Waals surface area contributed by atoms with Crippen molar-refractivity contribution in [3.05, 3.63) is 71.5 Å². The number of amides is 1. The molecule has 1 aromatic carbocycles. The summed E-state index contributed by atoms with van der Waals surface area (Å²) in [6, 6.07) is 11.1. The van der Waals surface area contributed by atoms with Gasteiger partial charge in [-0.1, -0.05) is 6.07 Å². The molecule has 0 bridgehead atoms. The van der Waals surface area contributed by atoms with Crippen LogP contribution >= 0.6 is 12.4 Å². The minimum atomic E-state index is -0.747. The van der Waals surface area contributed by atoms with Crippen molar-refractivity contribution >= 4 is 36.0 Å². The first-order chi connectivity index (χ1) is 13.7. The summed E-state index contributed by atoms with van der Waals surface area (Å²) in [5.41, 5.74) is 0.371. The number of rotatable bonds is 7. The van der Waals surface area contributed by atoms with Crippen LogP contribution in [0, 0.1) is 0 Å². The predicted octanol–water partition coefficient (Wildman–Crippen LogP) is 2.83. The quantitative estimate of drug-likeness (QED) is 0.603. The van der Waals surface area contributed by atoms with E-state index >= 15 is 0 Å². The van der Waals surface area contributed by atoms with Crippen molar-refractivity contribution in [1.82, 2.24) is 14.1 Å². The zero-order valence-corrected chi connectivity index (χ0v) is 16.3. The van der Waals surface area contributed by atoms with E-state index in [1.807, 2.05) is 10.8 Å². The van der Waals surface area contributed by atoms with E-state index in [1.165, 1.54) is 16.8 Å². The molecule has 0 radical (unpaired) electrons. The van der Waals surface area contributed by atoms with Crippen LogP contribution in [0.3, 0.4) is 0 Å². The van der Waals surface area contributed by atoms with Crippen LogP contribution in [0.1, 0.15) is 12.5 Å². The van der Waals surface area contributed by atoms with Gasteiger partial charge in [0.1, 0.15) is 11.6 Å². The van der Waals surface area contributed by atoms with E-state index in [1.54, 1.807) is 48.9 Å². The molecule has 1 aliphatic heterocycles. The van der Waals surface area contributed by atoms with E-state index in [2.05, 4.69) is 15.3 Å². The van der Waals surface area contributed by atoms with Gasteiger partial charge in [0, 0.05) is 36.9 Å². The molecule has 0 aliphatic carbocycles. The van der Waals surface area contributed by atoms with Gasteiger partial charge in [0.2, 0.25) is 0 Å². The molecule has 150 valence electrons. The maximum atomic E-state index is 12.5. The lowest BCUT2D eigenvalue weighted by Gasteiger charge is -2.13. The fourth-order valence-electron chi connectivity index (χ4n) is 2.98. The highest BCUT2D eigenvalue weighted by Gasteiger charge is 2.25. The van der Waals surface area contributed by atoms with Crippen molar-refractivity contribution in [1.29, 1.82) is 0 Å². The summed E-state index contributed by atoms with van der Waals surface area (Å²) >= 11 is 0. The summed E-state index contributed by atoms with van der Waals surface area (Å²) in [6.07, 6.45) is 7.78. The van der Waals surface area contributed by atoms with Crippen molar-refractivity contribution in [2.45, 2.75) is 19.0 Å². The number of aromatic nitrogens is 3. The van der Waals surface area contributed by atoms with Crippen LogP contribution in [0.25, 0.3) is 0 Å². The Morgan fingerprint density at radius 1 is 1.17 bits per heavy atom. The number of imidazole rings is 1. The van der Waals surface area contributed by atoms with Gasteiger partial charge < -0.3 is 14.6 Å². The highest BCUT2D eigenvalue weighted by atomic mass is 35.5. The first kappa shape index (κ1) is 20.3. The topological polar surface area (TPSA) is 90.5 Å². The largest absolute Gasteiger partial charge is 0.494 e. The number of benzene rings is 1. The summed E-state index contributed by atoms with van der Waals surface area (Å²) in [7, 11) is 0. The molecule has 1 aliphatic rings. The van der Waals surface area contributed by atoms with Crippen molar-refractivity contribution in [3.8, 4) is 5.75 Å². The molecule has 2 aromatic heterocycles. The number of carbonyl (C=O) groups excluding carboxylic acids is 1. The summed E-state index contributed by atoms with van der Waals surface area (Å²) in [4.78, 5) is 32.7.